The summed E-state index contributed by atoms with van der Waals surface area (Å²) < 4.78 is 1.75. The molecular formula is C14H19ClN2O. The second kappa shape index (κ2) is 4.37. The fourth-order valence-corrected chi connectivity index (χ4v) is 3.85. The van der Waals surface area contributed by atoms with Gasteiger partial charge in [0.15, 0.2) is 0 Å². The second-order valence-electron chi connectivity index (χ2n) is 5.75. The smallest absolute Gasteiger partial charge is 0.142 e. The molecule has 0 spiro atoms. The molecule has 0 aromatic carbocycles. The summed E-state index contributed by atoms with van der Waals surface area (Å²) in [4.78, 5) is 12.4. The highest BCUT2D eigenvalue weighted by Crippen LogP contribution is 2.56. The Labute approximate surface area is 113 Å². The molecule has 0 bridgehead atoms. The summed E-state index contributed by atoms with van der Waals surface area (Å²) in [6, 6.07) is 0. The maximum absolute atomic E-state index is 12.4. The van der Waals surface area contributed by atoms with Gasteiger partial charge >= 0.3 is 0 Å². The van der Waals surface area contributed by atoms with Crippen molar-refractivity contribution in [1.29, 1.82) is 0 Å². The van der Waals surface area contributed by atoms with Crippen molar-refractivity contribution in [1.82, 2.24) is 9.78 Å². The predicted molar refractivity (Wildman–Crippen MR) is 70.6 cm³/mol. The lowest BCUT2D eigenvalue weighted by Crippen LogP contribution is -2.11. The lowest BCUT2D eigenvalue weighted by molar-refractivity contribution is -0.120. The van der Waals surface area contributed by atoms with Gasteiger partial charge in [0.05, 0.1) is 22.8 Å². The van der Waals surface area contributed by atoms with Gasteiger partial charge in [-0.25, -0.2) is 0 Å². The number of fused-ring (bicyclic) bond motifs is 1. The van der Waals surface area contributed by atoms with E-state index in [2.05, 4.69) is 5.10 Å². The Balaban J connectivity index is 1.72. The zero-order valence-corrected chi connectivity index (χ0v) is 11.7. The molecule has 2 atom stereocenters. The molecule has 0 radical (unpaired) electrons. The molecule has 2 fully saturated rings. The Morgan fingerprint density at radius 2 is 2.00 bits per heavy atom. The topological polar surface area (TPSA) is 34.9 Å². The van der Waals surface area contributed by atoms with Crippen molar-refractivity contribution in [2.24, 2.45) is 24.8 Å². The number of carbonyl (C=O) groups excluding carboxylic acids is 1. The third-order valence-electron chi connectivity index (χ3n) is 4.63. The summed E-state index contributed by atoms with van der Waals surface area (Å²) >= 11 is 6.20. The van der Waals surface area contributed by atoms with Gasteiger partial charge in [-0.05, 0) is 31.6 Å². The van der Waals surface area contributed by atoms with Crippen molar-refractivity contribution in [3.8, 4) is 0 Å². The molecule has 2 saturated carbocycles. The van der Waals surface area contributed by atoms with Crippen LogP contribution in [0.25, 0.3) is 0 Å². The van der Waals surface area contributed by atoms with Crippen LogP contribution in [0.1, 0.15) is 37.1 Å². The normalized spacial score (nSPS) is 30.1. The molecule has 1 aromatic rings. The number of aromatic nitrogens is 2. The van der Waals surface area contributed by atoms with Gasteiger partial charge in [0.2, 0.25) is 0 Å². The number of ketones is 1. The summed E-state index contributed by atoms with van der Waals surface area (Å²) in [5.41, 5.74) is 1.69. The lowest BCUT2D eigenvalue weighted by atomic mass is 10.0. The fraction of sp³-hybridized carbons (Fsp3) is 0.714. The van der Waals surface area contributed by atoms with Crippen LogP contribution in [0.3, 0.4) is 0 Å². The van der Waals surface area contributed by atoms with Gasteiger partial charge < -0.3 is 0 Å². The summed E-state index contributed by atoms with van der Waals surface area (Å²) in [5.74, 6) is 2.05. The molecule has 0 aliphatic heterocycles. The van der Waals surface area contributed by atoms with Gasteiger partial charge in [-0.1, -0.05) is 24.4 Å². The minimum absolute atomic E-state index is 0.318. The van der Waals surface area contributed by atoms with Crippen LogP contribution < -0.4 is 0 Å². The Bertz CT molecular complexity index is 482. The van der Waals surface area contributed by atoms with Crippen LogP contribution in [0.5, 0.6) is 0 Å². The number of nitrogens with zero attached hydrogens (tertiary/aromatic N) is 2. The SMILES string of the molecule is Cc1nn(C)c(CC(=O)C2C3CCCCC32)c1Cl. The molecule has 2 aliphatic rings. The summed E-state index contributed by atoms with van der Waals surface area (Å²) in [6.45, 7) is 1.88. The molecule has 1 aromatic heterocycles. The maximum atomic E-state index is 12.4. The van der Waals surface area contributed by atoms with E-state index in [-0.39, 0.29) is 0 Å². The number of hydrogen-bond donors (Lipinski definition) is 0. The minimum Gasteiger partial charge on any atom is -0.299 e. The Morgan fingerprint density at radius 3 is 2.50 bits per heavy atom. The van der Waals surface area contributed by atoms with E-state index in [1.54, 1.807) is 4.68 Å². The number of halogens is 1. The first-order valence-electron chi connectivity index (χ1n) is 6.80. The number of carbonyl (C=O) groups is 1. The van der Waals surface area contributed by atoms with Crippen molar-refractivity contribution in [3.05, 3.63) is 16.4 Å². The average molecular weight is 267 g/mol. The van der Waals surface area contributed by atoms with Crippen LogP contribution >= 0.6 is 11.6 Å². The molecule has 0 saturated heterocycles. The van der Waals surface area contributed by atoms with Crippen LogP contribution in [0.2, 0.25) is 5.02 Å². The van der Waals surface area contributed by atoms with Gasteiger partial charge in [0, 0.05) is 13.0 Å². The Hall–Kier alpha value is -0.830. The molecule has 98 valence electrons. The highest BCUT2D eigenvalue weighted by atomic mass is 35.5. The van der Waals surface area contributed by atoms with Gasteiger partial charge in [-0.3, -0.25) is 9.48 Å². The number of hydrogen-bond acceptors (Lipinski definition) is 2. The van der Waals surface area contributed by atoms with E-state index in [9.17, 15) is 4.79 Å². The van der Waals surface area contributed by atoms with Gasteiger partial charge in [-0.2, -0.15) is 5.10 Å². The third-order valence-corrected chi connectivity index (χ3v) is 5.12. The Morgan fingerprint density at radius 1 is 1.39 bits per heavy atom. The number of Topliss-reactive ketones (excluding diaryl/α,β-unsaturated/α-hetero) is 1. The van der Waals surface area contributed by atoms with Crippen LogP contribution in [-0.4, -0.2) is 15.6 Å². The highest BCUT2D eigenvalue weighted by Gasteiger charge is 2.54. The van der Waals surface area contributed by atoms with Crippen molar-refractivity contribution < 1.29 is 4.79 Å². The van der Waals surface area contributed by atoms with E-state index in [1.807, 2.05) is 14.0 Å². The largest absolute Gasteiger partial charge is 0.299 e. The van der Waals surface area contributed by atoms with Crippen molar-refractivity contribution in [2.75, 3.05) is 0 Å². The van der Waals surface area contributed by atoms with Gasteiger partial charge in [0.1, 0.15) is 5.78 Å². The average Bonchev–Trinajstić information content (AvgIpc) is 3.03. The van der Waals surface area contributed by atoms with Crippen molar-refractivity contribution >= 4 is 17.4 Å². The monoisotopic (exact) mass is 266 g/mol. The quantitative estimate of drug-likeness (QED) is 0.843. The summed E-state index contributed by atoms with van der Waals surface area (Å²) in [6.07, 6.45) is 5.55. The maximum Gasteiger partial charge on any atom is 0.142 e. The van der Waals surface area contributed by atoms with Crippen LogP contribution in [0, 0.1) is 24.7 Å². The van der Waals surface area contributed by atoms with Crippen LogP contribution in [-0.2, 0) is 18.3 Å². The van der Waals surface area contributed by atoms with Gasteiger partial charge in [-0.15, -0.1) is 0 Å². The van der Waals surface area contributed by atoms with E-state index in [0.29, 0.717) is 35.0 Å². The van der Waals surface area contributed by atoms with Crippen molar-refractivity contribution in [2.45, 2.75) is 39.0 Å². The third kappa shape index (κ3) is 1.89. The van der Waals surface area contributed by atoms with Crippen molar-refractivity contribution in [3.63, 3.8) is 0 Å². The first kappa shape index (κ1) is 12.2. The predicted octanol–water partition coefficient (Wildman–Crippen LogP) is 2.93. The molecule has 4 heteroatoms. The summed E-state index contributed by atoms with van der Waals surface area (Å²) in [5, 5.41) is 4.93. The number of aryl methyl sites for hydroxylation is 2. The molecule has 0 amide bonds. The molecule has 2 unspecified atom stereocenters. The molecular weight excluding hydrogens is 248 g/mol. The zero-order chi connectivity index (χ0) is 12.9. The lowest BCUT2D eigenvalue weighted by Gasteiger charge is -2.04. The summed E-state index contributed by atoms with van der Waals surface area (Å²) in [7, 11) is 1.86. The van der Waals surface area contributed by atoms with Crippen LogP contribution in [0.15, 0.2) is 0 Å². The molecule has 2 aliphatic carbocycles. The van der Waals surface area contributed by atoms with E-state index < -0.39 is 0 Å². The zero-order valence-electron chi connectivity index (χ0n) is 10.9. The first-order valence-corrected chi connectivity index (χ1v) is 7.18. The molecule has 1 heterocycles. The minimum atomic E-state index is 0.318. The second-order valence-corrected chi connectivity index (χ2v) is 6.13. The molecule has 3 rings (SSSR count). The van der Waals surface area contributed by atoms with Crippen LogP contribution in [0.4, 0.5) is 0 Å². The van der Waals surface area contributed by atoms with E-state index >= 15 is 0 Å². The molecule has 18 heavy (non-hydrogen) atoms. The molecule has 0 N–H and O–H groups in total. The molecule has 3 nitrogen and oxygen atoms in total. The first-order chi connectivity index (χ1) is 8.59. The van der Waals surface area contributed by atoms with E-state index in [1.165, 1.54) is 25.7 Å². The Kier molecular flexibility index (Phi) is 2.97. The fourth-order valence-electron chi connectivity index (χ4n) is 3.62. The standard InChI is InChI=1S/C14H19ClN2O/c1-8-14(15)11(17(2)16-8)7-12(18)13-9-5-3-4-6-10(9)13/h9-10,13H,3-7H2,1-2H3. The number of rotatable bonds is 3. The van der Waals surface area contributed by atoms with Gasteiger partial charge in [0.25, 0.3) is 0 Å². The highest BCUT2D eigenvalue weighted by molar-refractivity contribution is 6.32. The van der Waals surface area contributed by atoms with E-state index in [4.69, 9.17) is 11.6 Å². The van der Waals surface area contributed by atoms with E-state index in [0.717, 1.165) is 11.4 Å².